The second-order valence-corrected chi connectivity index (χ2v) is 7.66. The largest absolute Gasteiger partial charge is 0.454 e. The molecule has 1 aromatic heterocycles. The average Bonchev–Trinajstić information content (AvgIpc) is 3.47. The zero-order chi connectivity index (χ0) is 20.3. The SMILES string of the molecule is O=C(NC1CC1)c1cccc(CNCc2cc3c(c(-c4ccncc4)c2)OCO3)c1. The molecule has 30 heavy (non-hydrogen) atoms. The van der Waals surface area contributed by atoms with Gasteiger partial charge in [-0.3, -0.25) is 9.78 Å². The van der Waals surface area contributed by atoms with Gasteiger partial charge in [-0.25, -0.2) is 0 Å². The Balaban J connectivity index is 1.27. The van der Waals surface area contributed by atoms with Crippen molar-refractivity contribution in [2.75, 3.05) is 6.79 Å². The number of pyridine rings is 1. The summed E-state index contributed by atoms with van der Waals surface area (Å²) in [6.07, 6.45) is 5.72. The predicted molar refractivity (Wildman–Crippen MR) is 113 cm³/mol. The van der Waals surface area contributed by atoms with Crippen LogP contribution in [-0.2, 0) is 13.1 Å². The second-order valence-electron chi connectivity index (χ2n) is 7.66. The van der Waals surface area contributed by atoms with Crippen LogP contribution in [0, 0.1) is 0 Å². The molecule has 2 N–H and O–H groups in total. The summed E-state index contributed by atoms with van der Waals surface area (Å²) in [6.45, 7) is 1.58. The van der Waals surface area contributed by atoms with Crippen LogP contribution in [-0.4, -0.2) is 23.7 Å². The number of nitrogens with zero attached hydrogens (tertiary/aromatic N) is 1. The molecule has 1 fully saturated rings. The standard InChI is InChI=1S/C24H23N3O3/c28-24(27-20-4-5-20)19-3-1-2-16(10-19)13-26-14-17-11-21(18-6-8-25-9-7-18)23-22(12-17)29-15-30-23/h1-3,6-12,20,26H,4-5,13-15H2,(H,27,28). The monoisotopic (exact) mass is 401 g/mol. The van der Waals surface area contributed by atoms with E-state index in [1.807, 2.05) is 42.5 Å². The van der Waals surface area contributed by atoms with Crippen LogP contribution in [0.15, 0.2) is 60.9 Å². The van der Waals surface area contributed by atoms with E-state index in [0.29, 0.717) is 24.7 Å². The van der Waals surface area contributed by atoms with E-state index in [-0.39, 0.29) is 12.7 Å². The summed E-state index contributed by atoms with van der Waals surface area (Å²) < 4.78 is 11.3. The lowest BCUT2D eigenvalue weighted by molar-refractivity contribution is 0.0951. The molecule has 0 atom stereocenters. The molecule has 6 nitrogen and oxygen atoms in total. The van der Waals surface area contributed by atoms with Gasteiger partial charge in [-0.05, 0) is 65.9 Å². The highest BCUT2D eigenvalue weighted by atomic mass is 16.7. The highest BCUT2D eigenvalue weighted by Gasteiger charge is 2.24. The Morgan fingerprint density at radius 3 is 2.67 bits per heavy atom. The van der Waals surface area contributed by atoms with Crippen molar-refractivity contribution in [2.24, 2.45) is 0 Å². The minimum Gasteiger partial charge on any atom is -0.454 e. The lowest BCUT2D eigenvalue weighted by Gasteiger charge is -2.11. The Labute approximate surface area is 175 Å². The third-order valence-corrected chi connectivity index (χ3v) is 5.28. The number of amides is 1. The normalized spacial score (nSPS) is 14.5. The fourth-order valence-corrected chi connectivity index (χ4v) is 3.59. The first kappa shape index (κ1) is 18.6. The molecule has 1 saturated carbocycles. The van der Waals surface area contributed by atoms with Crippen LogP contribution in [0.1, 0.15) is 34.3 Å². The molecular formula is C24H23N3O3. The number of ether oxygens (including phenoxy) is 2. The van der Waals surface area contributed by atoms with Crippen molar-refractivity contribution in [1.82, 2.24) is 15.6 Å². The Bertz CT molecular complexity index is 1060. The average molecular weight is 401 g/mol. The highest BCUT2D eigenvalue weighted by molar-refractivity contribution is 5.94. The van der Waals surface area contributed by atoms with E-state index in [1.54, 1.807) is 12.4 Å². The van der Waals surface area contributed by atoms with Crippen molar-refractivity contribution in [3.8, 4) is 22.6 Å². The summed E-state index contributed by atoms with van der Waals surface area (Å²) in [4.78, 5) is 16.4. The number of aromatic nitrogens is 1. The Hall–Kier alpha value is -3.38. The number of nitrogens with one attached hydrogen (secondary N) is 2. The van der Waals surface area contributed by atoms with Gasteiger partial charge in [-0.2, -0.15) is 0 Å². The molecule has 0 unspecified atom stereocenters. The van der Waals surface area contributed by atoms with Crippen LogP contribution in [0.2, 0.25) is 0 Å². The van der Waals surface area contributed by atoms with Crippen molar-refractivity contribution >= 4 is 5.91 Å². The molecule has 1 amide bonds. The smallest absolute Gasteiger partial charge is 0.251 e. The first-order chi connectivity index (χ1) is 14.8. The van der Waals surface area contributed by atoms with E-state index in [2.05, 4.69) is 21.7 Å². The molecule has 2 aromatic carbocycles. The van der Waals surface area contributed by atoms with E-state index >= 15 is 0 Å². The van der Waals surface area contributed by atoms with Gasteiger partial charge in [0.25, 0.3) is 5.91 Å². The van der Waals surface area contributed by atoms with Gasteiger partial charge >= 0.3 is 0 Å². The fraction of sp³-hybridized carbons (Fsp3) is 0.250. The molecule has 0 spiro atoms. The maximum atomic E-state index is 12.3. The molecule has 2 heterocycles. The zero-order valence-corrected chi connectivity index (χ0v) is 16.6. The van der Waals surface area contributed by atoms with Gasteiger partial charge in [0.2, 0.25) is 6.79 Å². The lowest BCUT2D eigenvalue weighted by Crippen LogP contribution is -2.25. The van der Waals surface area contributed by atoms with Crippen LogP contribution in [0.5, 0.6) is 11.5 Å². The Morgan fingerprint density at radius 2 is 1.83 bits per heavy atom. The Morgan fingerprint density at radius 1 is 1.00 bits per heavy atom. The molecule has 2 aliphatic rings. The number of benzene rings is 2. The van der Waals surface area contributed by atoms with E-state index in [0.717, 1.165) is 46.6 Å². The van der Waals surface area contributed by atoms with Gasteiger partial charge in [0.05, 0.1) is 0 Å². The lowest BCUT2D eigenvalue weighted by atomic mass is 10.0. The molecule has 0 radical (unpaired) electrons. The van der Waals surface area contributed by atoms with Gasteiger partial charge in [0, 0.05) is 42.7 Å². The van der Waals surface area contributed by atoms with Crippen LogP contribution in [0.25, 0.3) is 11.1 Å². The molecule has 0 bridgehead atoms. The van der Waals surface area contributed by atoms with Gasteiger partial charge in [-0.1, -0.05) is 12.1 Å². The molecule has 6 heteroatoms. The zero-order valence-electron chi connectivity index (χ0n) is 16.6. The van der Waals surface area contributed by atoms with Gasteiger partial charge in [0.1, 0.15) is 0 Å². The molecular weight excluding hydrogens is 378 g/mol. The molecule has 3 aromatic rings. The quantitative estimate of drug-likeness (QED) is 0.632. The van der Waals surface area contributed by atoms with E-state index in [4.69, 9.17) is 9.47 Å². The predicted octanol–water partition coefficient (Wildman–Crippen LogP) is 3.66. The summed E-state index contributed by atoms with van der Waals surface area (Å²) in [5.74, 6) is 1.55. The maximum absolute atomic E-state index is 12.3. The second kappa shape index (κ2) is 8.16. The molecule has 1 aliphatic carbocycles. The molecule has 0 saturated heterocycles. The number of hydrogen-bond acceptors (Lipinski definition) is 5. The van der Waals surface area contributed by atoms with Crippen LogP contribution in [0.3, 0.4) is 0 Å². The third kappa shape index (κ3) is 4.14. The third-order valence-electron chi connectivity index (χ3n) is 5.28. The number of carbonyl (C=O) groups excluding carboxylic acids is 1. The summed E-state index contributed by atoms with van der Waals surface area (Å²) in [6, 6.07) is 16.2. The van der Waals surface area contributed by atoms with Crippen molar-refractivity contribution in [3.63, 3.8) is 0 Å². The van der Waals surface area contributed by atoms with E-state index in [9.17, 15) is 4.79 Å². The van der Waals surface area contributed by atoms with Crippen molar-refractivity contribution in [3.05, 3.63) is 77.6 Å². The number of rotatable bonds is 7. The minimum atomic E-state index is 0.0112. The fourth-order valence-electron chi connectivity index (χ4n) is 3.59. The summed E-state index contributed by atoms with van der Waals surface area (Å²) >= 11 is 0. The highest BCUT2D eigenvalue weighted by Crippen LogP contribution is 2.42. The summed E-state index contributed by atoms with van der Waals surface area (Å²) in [5, 5.41) is 6.50. The number of hydrogen-bond donors (Lipinski definition) is 2. The van der Waals surface area contributed by atoms with Gasteiger partial charge in [0.15, 0.2) is 11.5 Å². The molecule has 152 valence electrons. The van der Waals surface area contributed by atoms with Crippen LogP contribution < -0.4 is 20.1 Å². The van der Waals surface area contributed by atoms with E-state index in [1.165, 1.54) is 0 Å². The molecule has 1 aliphatic heterocycles. The summed E-state index contributed by atoms with van der Waals surface area (Å²) in [7, 11) is 0. The van der Waals surface area contributed by atoms with Crippen molar-refractivity contribution < 1.29 is 14.3 Å². The number of fused-ring (bicyclic) bond motifs is 1. The van der Waals surface area contributed by atoms with Crippen molar-refractivity contribution in [2.45, 2.75) is 32.0 Å². The van der Waals surface area contributed by atoms with Crippen LogP contribution >= 0.6 is 0 Å². The van der Waals surface area contributed by atoms with Crippen LogP contribution in [0.4, 0.5) is 0 Å². The molecule has 5 rings (SSSR count). The minimum absolute atomic E-state index is 0.0112. The first-order valence-electron chi connectivity index (χ1n) is 10.2. The van der Waals surface area contributed by atoms with E-state index < -0.39 is 0 Å². The topological polar surface area (TPSA) is 72.5 Å². The Kier molecular flexibility index (Phi) is 5.07. The van der Waals surface area contributed by atoms with Gasteiger partial charge in [-0.15, -0.1) is 0 Å². The van der Waals surface area contributed by atoms with Gasteiger partial charge < -0.3 is 20.1 Å². The maximum Gasteiger partial charge on any atom is 0.251 e. The number of carbonyl (C=O) groups is 1. The first-order valence-corrected chi connectivity index (χ1v) is 10.2. The summed E-state index contributed by atoms with van der Waals surface area (Å²) in [5.41, 5.74) is 4.94. The van der Waals surface area contributed by atoms with Crippen molar-refractivity contribution in [1.29, 1.82) is 0 Å².